The maximum absolute atomic E-state index is 2.41. The van der Waals surface area contributed by atoms with E-state index in [0.717, 1.165) is 22.7 Å². The van der Waals surface area contributed by atoms with Crippen LogP contribution in [0.25, 0.3) is 83.1 Å². The van der Waals surface area contributed by atoms with Gasteiger partial charge in [-0.3, -0.25) is 0 Å². The fourth-order valence-electron chi connectivity index (χ4n) is 10.2. The highest BCUT2D eigenvalue weighted by Crippen LogP contribution is 2.51. The zero-order chi connectivity index (χ0) is 43.5. The molecular weight excluding hydrogens is 785 g/mol. The lowest BCUT2D eigenvalue weighted by Crippen LogP contribution is -2.16. The molecule has 0 unspecified atom stereocenters. The maximum Gasteiger partial charge on any atom is 0.0541 e. The number of aromatic nitrogens is 1. The van der Waals surface area contributed by atoms with E-state index >= 15 is 0 Å². The zero-order valence-electron chi connectivity index (χ0n) is 36.5. The van der Waals surface area contributed by atoms with Gasteiger partial charge in [-0.15, -0.1) is 0 Å². The fraction of sp³-hybridized carbons (Fsp3) is 0.0476. The number of nitrogens with zero attached hydrogens (tertiary/aromatic N) is 2. The van der Waals surface area contributed by atoms with Crippen LogP contribution in [0.1, 0.15) is 25.0 Å². The highest BCUT2D eigenvalue weighted by Gasteiger charge is 2.35. The Morgan fingerprint density at radius 1 is 0.308 bits per heavy atom. The Bertz CT molecular complexity index is 3510. The van der Waals surface area contributed by atoms with Crippen molar-refractivity contribution >= 4 is 38.9 Å². The van der Waals surface area contributed by atoms with Crippen LogP contribution in [0.5, 0.6) is 0 Å². The molecule has 0 fully saturated rings. The standard InChI is InChI=1S/C63H46N2/c1-63(2)59-21-13-12-20-55(59)56-37-36-54(42-60(56)63)64(52-32-26-46(27-33-52)43-14-6-3-7-15-43)53-34-28-47(29-35-53)45-22-24-48(25-23-45)50-31-39-62-58(41-50)57-40-49(44-16-8-4-9-17-44)30-38-61(57)65(62)51-18-10-5-11-19-51/h3-42H,1-2H3. The van der Waals surface area contributed by atoms with E-state index in [1.807, 2.05) is 0 Å². The normalized spacial score (nSPS) is 12.6. The highest BCUT2D eigenvalue weighted by molar-refractivity contribution is 6.11. The first kappa shape index (κ1) is 38.5. The molecular formula is C63H46N2. The molecule has 1 heterocycles. The third-order valence-electron chi connectivity index (χ3n) is 13.6. The van der Waals surface area contributed by atoms with E-state index in [1.165, 1.54) is 88.6 Å². The summed E-state index contributed by atoms with van der Waals surface area (Å²) in [6.07, 6.45) is 0. The Morgan fingerprint density at radius 2 is 0.692 bits per heavy atom. The zero-order valence-corrected chi connectivity index (χ0v) is 36.5. The smallest absolute Gasteiger partial charge is 0.0541 e. The summed E-state index contributed by atoms with van der Waals surface area (Å²) in [7, 11) is 0. The van der Waals surface area contributed by atoms with Crippen LogP contribution in [-0.4, -0.2) is 4.57 Å². The average Bonchev–Trinajstić information content (AvgIpc) is 3.82. The van der Waals surface area contributed by atoms with Crippen LogP contribution in [0, 0.1) is 0 Å². The molecule has 1 aliphatic rings. The third-order valence-corrected chi connectivity index (χ3v) is 13.6. The Kier molecular flexibility index (Phi) is 9.21. The predicted molar refractivity (Wildman–Crippen MR) is 275 cm³/mol. The summed E-state index contributed by atoms with van der Waals surface area (Å²) in [5.74, 6) is 0. The molecule has 65 heavy (non-hydrogen) atoms. The monoisotopic (exact) mass is 830 g/mol. The number of fused-ring (bicyclic) bond motifs is 6. The van der Waals surface area contributed by atoms with E-state index in [-0.39, 0.29) is 5.41 Å². The summed E-state index contributed by atoms with van der Waals surface area (Å²) < 4.78 is 2.39. The van der Waals surface area contributed by atoms with Crippen molar-refractivity contribution in [3.63, 3.8) is 0 Å². The lowest BCUT2D eigenvalue weighted by atomic mass is 9.82. The fourth-order valence-corrected chi connectivity index (χ4v) is 10.2. The molecule has 1 aliphatic carbocycles. The second kappa shape index (κ2) is 15.6. The van der Waals surface area contributed by atoms with Crippen LogP contribution < -0.4 is 4.90 Å². The number of rotatable bonds is 8. The van der Waals surface area contributed by atoms with E-state index in [2.05, 4.69) is 266 Å². The van der Waals surface area contributed by atoms with Crippen molar-refractivity contribution in [2.24, 2.45) is 0 Å². The predicted octanol–water partition coefficient (Wildman–Crippen LogP) is 17.2. The summed E-state index contributed by atoms with van der Waals surface area (Å²) in [6, 6.07) is 88.7. The number of para-hydroxylation sites is 1. The summed E-state index contributed by atoms with van der Waals surface area (Å²) in [5, 5.41) is 2.49. The molecule has 2 nitrogen and oxygen atoms in total. The third kappa shape index (κ3) is 6.65. The molecule has 0 saturated carbocycles. The van der Waals surface area contributed by atoms with Crippen molar-refractivity contribution in [3.8, 4) is 61.3 Å². The van der Waals surface area contributed by atoms with Gasteiger partial charge in [0.2, 0.25) is 0 Å². The molecule has 308 valence electrons. The van der Waals surface area contributed by atoms with E-state index in [4.69, 9.17) is 0 Å². The van der Waals surface area contributed by atoms with E-state index in [9.17, 15) is 0 Å². The SMILES string of the molecule is CC1(C)c2ccccc2-c2ccc(N(c3ccc(-c4ccccc4)cc3)c3ccc(-c4ccc(-c5ccc6c(c5)c5cc(-c7ccccc7)ccc5n6-c5ccccc5)cc4)cc3)cc21. The van der Waals surface area contributed by atoms with Crippen LogP contribution in [0.4, 0.5) is 17.1 Å². The maximum atomic E-state index is 2.41. The summed E-state index contributed by atoms with van der Waals surface area (Å²) in [6.45, 7) is 4.70. The molecule has 0 spiro atoms. The first-order valence-electron chi connectivity index (χ1n) is 22.6. The van der Waals surface area contributed by atoms with Crippen LogP contribution in [0.3, 0.4) is 0 Å². The highest BCUT2D eigenvalue weighted by atomic mass is 15.1. The quantitative estimate of drug-likeness (QED) is 0.148. The van der Waals surface area contributed by atoms with Gasteiger partial charge in [0.25, 0.3) is 0 Å². The van der Waals surface area contributed by atoms with Gasteiger partial charge >= 0.3 is 0 Å². The lowest BCUT2D eigenvalue weighted by molar-refractivity contribution is 0.660. The minimum Gasteiger partial charge on any atom is -0.310 e. The number of anilines is 3. The first-order valence-corrected chi connectivity index (χ1v) is 22.6. The minimum atomic E-state index is -0.0977. The first-order chi connectivity index (χ1) is 32.0. The van der Waals surface area contributed by atoms with Crippen molar-refractivity contribution in [1.82, 2.24) is 4.57 Å². The molecule has 1 aromatic heterocycles. The van der Waals surface area contributed by atoms with Crippen LogP contribution in [0.2, 0.25) is 0 Å². The van der Waals surface area contributed by atoms with Gasteiger partial charge in [-0.2, -0.15) is 0 Å². The number of hydrogen-bond donors (Lipinski definition) is 0. The molecule has 10 aromatic carbocycles. The van der Waals surface area contributed by atoms with Gasteiger partial charge in [-0.1, -0.05) is 184 Å². The van der Waals surface area contributed by atoms with Gasteiger partial charge in [0, 0.05) is 38.9 Å². The van der Waals surface area contributed by atoms with Crippen molar-refractivity contribution in [2.45, 2.75) is 19.3 Å². The molecule has 0 aliphatic heterocycles. The Balaban J connectivity index is 0.889. The molecule has 12 rings (SSSR count). The second-order valence-electron chi connectivity index (χ2n) is 17.8. The van der Waals surface area contributed by atoms with Gasteiger partial charge in [-0.05, 0) is 140 Å². The summed E-state index contributed by atoms with van der Waals surface area (Å²) in [4.78, 5) is 2.40. The summed E-state index contributed by atoms with van der Waals surface area (Å²) in [5.41, 5.74) is 21.9. The summed E-state index contributed by atoms with van der Waals surface area (Å²) >= 11 is 0. The van der Waals surface area contributed by atoms with Crippen molar-refractivity contribution in [1.29, 1.82) is 0 Å². The molecule has 11 aromatic rings. The minimum absolute atomic E-state index is 0.0977. The lowest BCUT2D eigenvalue weighted by Gasteiger charge is -2.28. The number of hydrogen-bond acceptors (Lipinski definition) is 1. The van der Waals surface area contributed by atoms with Crippen LogP contribution in [0.15, 0.2) is 243 Å². The molecule has 0 saturated heterocycles. The molecule has 0 bridgehead atoms. The van der Waals surface area contributed by atoms with Crippen molar-refractivity contribution in [2.75, 3.05) is 4.90 Å². The van der Waals surface area contributed by atoms with E-state index < -0.39 is 0 Å². The van der Waals surface area contributed by atoms with Gasteiger partial charge in [0.1, 0.15) is 0 Å². The van der Waals surface area contributed by atoms with Crippen molar-refractivity contribution in [3.05, 3.63) is 254 Å². The molecule has 2 heteroatoms. The Labute approximate surface area is 381 Å². The molecule has 0 atom stereocenters. The van der Waals surface area contributed by atoms with Gasteiger partial charge in [-0.25, -0.2) is 0 Å². The number of benzene rings is 10. The van der Waals surface area contributed by atoms with Gasteiger partial charge < -0.3 is 9.47 Å². The molecule has 0 radical (unpaired) electrons. The average molecular weight is 831 g/mol. The Morgan fingerprint density at radius 3 is 1.23 bits per heavy atom. The van der Waals surface area contributed by atoms with Crippen LogP contribution >= 0.6 is 0 Å². The molecule has 0 N–H and O–H groups in total. The topological polar surface area (TPSA) is 8.17 Å². The largest absolute Gasteiger partial charge is 0.310 e. The van der Waals surface area contributed by atoms with Crippen molar-refractivity contribution < 1.29 is 0 Å². The molecule has 0 amide bonds. The van der Waals surface area contributed by atoms with E-state index in [1.54, 1.807) is 0 Å². The van der Waals surface area contributed by atoms with Gasteiger partial charge in [0.15, 0.2) is 0 Å². The second-order valence-corrected chi connectivity index (χ2v) is 17.8. The van der Waals surface area contributed by atoms with E-state index in [0.29, 0.717) is 0 Å². The Hall–Kier alpha value is -8.20. The van der Waals surface area contributed by atoms with Crippen LogP contribution in [-0.2, 0) is 5.41 Å². The van der Waals surface area contributed by atoms with Gasteiger partial charge in [0.05, 0.1) is 11.0 Å².